The molecule has 0 spiro atoms. The lowest BCUT2D eigenvalue weighted by Crippen LogP contribution is -2.04. The number of benzene rings is 2. The molecule has 3 aromatic rings. The Labute approximate surface area is 149 Å². The molecule has 1 heterocycles. The molecule has 0 fully saturated rings. The zero-order valence-corrected chi connectivity index (χ0v) is 14.1. The molecule has 2 aromatic carbocycles. The molecule has 0 unspecified atom stereocenters. The van der Waals surface area contributed by atoms with Gasteiger partial charge in [-0.1, -0.05) is 29.8 Å². The smallest absolute Gasteiger partial charge is 0.337 e. The van der Waals surface area contributed by atoms with Crippen molar-refractivity contribution in [2.75, 3.05) is 10.6 Å². The first-order valence-corrected chi connectivity index (χ1v) is 7.85. The normalized spacial score (nSPS) is 10.3. The monoisotopic (exact) mass is 354 g/mol. The summed E-state index contributed by atoms with van der Waals surface area (Å²) in [5.74, 6) is 0.0273. The molecule has 0 bridgehead atoms. The van der Waals surface area contributed by atoms with Crippen molar-refractivity contribution < 1.29 is 9.90 Å². The molecule has 126 valence electrons. The number of halogens is 1. The minimum Gasteiger partial charge on any atom is -0.478 e. The van der Waals surface area contributed by atoms with Gasteiger partial charge in [-0.05, 0) is 36.8 Å². The molecule has 7 heteroatoms. The summed E-state index contributed by atoms with van der Waals surface area (Å²) in [6.07, 6.45) is 1.39. The van der Waals surface area contributed by atoms with Gasteiger partial charge in [0.25, 0.3) is 0 Å². The molecule has 0 aliphatic heterocycles. The minimum absolute atomic E-state index is 0.168. The molecular weight excluding hydrogens is 340 g/mol. The lowest BCUT2D eigenvalue weighted by molar-refractivity contribution is 0.0698. The molecule has 0 aliphatic carbocycles. The highest BCUT2D eigenvalue weighted by Crippen LogP contribution is 2.24. The summed E-state index contributed by atoms with van der Waals surface area (Å²) in [6, 6.07) is 13.9. The number of aryl methyl sites for hydroxylation is 1. The van der Waals surface area contributed by atoms with Crippen molar-refractivity contribution in [1.29, 1.82) is 0 Å². The van der Waals surface area contributed by atoms with E-state index in [0.29, 0.717) is 22.3 Å². The third-order valence-electron chi connectivity index (χ3n) is 3.53. The number of carbonyl (C=O) groups is 1. The standard InChI is InChI=1S/C18H15ClN4O2/c1-11-6-7-12(8-14(11)19)22-16-9-17(21-10-20-16)23-15-5-3-2-4-13(15)18(24)25/h2-10H,1H3,(H,24,25)(H2,20,21,22,23). The Morgan fingerprint density at radius 2 is 1.76 bits per heavy atom. The number of hydrogen-bond acceptors (Lipinski definition) is 5. The van der Waals surface area contributed by atoms with Crippen LogP contribution in [0.15, 0.2) is 54.9 Å². The van der Waals surface area contributed by atoms with Gasteiger partial charge < -0.3 is 15.7 Å². The number of carboxylic acid groups (broad SMARTS) is 1. The van der Waals surface area contributed by atoms with Gasteiger partial charge in [0, 0.05) is 16.8 Å². The second kappa shape index (κ2) is 7.19. The van der Waals surface area contributed by atoms with Crippen LogP contribution >= 0.6 is 11.6 Å². The first kappa shape index (κ1) is 16.7. The number of rotatable bonds is 5. The van der Waals surface area contributed by atoms with Crippen LogP contribution in [0.1, 0.15) is 15.9 Å². The summed E-state index contributed by atoms with van der Waals surface area (Å²) < 4.78 is 0. The van der Waals surface area contributed by atoms with Crippen molar-refractivity contribution in [3.63, 3.8) is 0 Å². The predicted molar refractivity (Wildman–Crippen MR) is 98.2 cm³/mol. The quantitative estimate of drug-likeness (QED) is 0.619. The fourth-order valence-electron chi connectivity index (χ4n) is 2.23. The lowest BCUT2D eigenvalue weighted by atomic mass is 10.2. The molecule has 0 saturated heterocycles. The number of anilines is 4. The van der Waals surface area contributed by atoms with Crippen LogP contribution in [0, 0.1) is 6.92 Å². The van der Waals surface area contributed by atoms with E-state index in [1.165, 1.54) is 12.4 Å². The first-order chi connectivity index (χ1) is 12.0. The van der Waals surface area contributed by atoms with Gasteiger partial charge in [-0.25, -0.2) is 14.8 Å². The van der Waals surface area contributed by atoms with Crippen molar-refractivity contribution in [2.45, 2.75) is 6.92 Å². The highest BCUT2D eigenvalue weighted by Gasteiger charge is 2.10. The van der Waals surface area contributed by atoms with Crippen LogP contribution < -0.4 is 10.6 Å². The number of aromatic nitrogens is 2. The zero-order valence-electron chi connectivity index (χ0n) is 13.3. The second-order valence-electron chi connectivity index (χ2n) is 5.35. The predicted octanol–water partition coefficient (Wildman–Crippen LogP) is 4.62. The van der Waals surface area contributed by atoms with Crippen LogP contribution in [-0.2, 0) is 0 Å². The van der Waals surface area contributed by atoms with Crippen LogP contribution in [0.25, 0.3) is 0 Å². The van der Waals surface area contributed by atoms with Crippen LogP contribution in [0.3, 0.4) is 0 Å². The number of para-hydroxylation sites is 1. The van der Waals surface area contributed by atoms with Crippen molar-refractivity contribution in [2.24, 2.45) is 0 Å². The maximum Gasteiger partial charge on any atom is 0.337 e. The maximum absolute atomic E-state index is 11.3. The molecule has 1 aromatic heterocycles. The number of carboxylic acids is 1. The lowest BCUT2D eigenvalue weighted by Gasteiger charge is -2.11. The van der Waals surface area contributed by atoms with Gasteiger partial charge in [-0.3, -0.25) is 0 Å². The molecule has 0 radical (unpaired) electrons. The van der Waals surface area contributed by atoms with Gasteiger partial charge in [-0.15, -0.1) is 0 Å². The van der Waals surface area contributed by atoms with E-state index in [1.54, 1.807) is 24.3 Å². The summed E-state index contributed by atoms with van der Waals surface area (Å²) >= 11 is 6.13. The molecule has 0 saturated carbocycles. The number of nitrogens with one attached hydrogen (secondary N) is 2. The van der Waals surface area contributed by atoms with Gasteiger partial charge in [0.05, 0.1) is 11.3 Å². The maximum atomic E-state index is 11.3. The van der Waals surface area contributed by atoms with E-state index in [1.807, 2.05) is 25.1 Å². The molecular formula is C18H15ClN4O2. The van der Waals surface area contributed by atoms with E-state index in [-0.39, 0.29) is 5.56 Å². The van der Waals surface area contributed by atoms with Gasteiger partial charge >= 0.3 is 5.97 Å². The Kier molecular flexibility index (Phi) is 4.81. The van der Waals surface area contributed by atoms with Crippen molar-refractivity contribution >= 4 is 40.6 Å². The van der Waals surface area contributed by atoms with E-state index in [2.05, 4.69) is 20.6 Å². The Bertz CT molecular complexity index is 930. The fraction of sp³-hybridized carbons (Fsp3) is 0.0556. The Morgan fingerprint density at radius 3 is 2.48 bits per heavy atom. The van der Waals surface area contributed by atoms with E-state index < -0.39 is 5.97 Å². The largest absolute Gasteiger partial charge is 0.478 e. The van der Waals surface area contributed by atoms with Crippen LogP contribution in [-0.4, -0.2) is 21.0 Å². The molecule has 0 amide bonds. The molecule has 0 atom stereocenters. The average Bonchev–Trinajstić information content (AvgIpc) is 2.59. The van der Waals surface area contributed by atoms with Gasteiger partial charge in [-0.2, -0.15) is 0 Å². The van der Waals surface area contributed by atoms with E-state index in [4.69, 9.17) is 11.6 Å². The third kappa shape index (κ3) is 4.05. The summed E-state index contributed by atoms with van der Waals surface area (Å²) in [5, 5.41) is 16.1. The van der Waals surface area contributed by atoms with Crippen LogP contribution in [0.2, 0.25) is 5.02 Å². The van der Waals surface area contributed by atoms with E-state index >= 15 is 0 Å². The van der Waals surface area contributed by atoms with E-state index in [0.717, 1.165) is 11.3 Å². The topological polar surface area (TPSA) is 87.1 Å². The molecule has 3 N–H and O–H groups in total. The second-order valence-corrected chi connectivity index (χ2v) is 5.76. The number of hydrogen-bond donors (Lipinski definition) is 3. The SMILES string of the molecule is Cc1ccc(Nc2cc(Nc3ccccc3C(=O)O)ncn2)cc1Cl. The Morgan fingerprint density at radius 1 is 1.04 bits per heavy atom. The van der Waals surface area contributed by atoms with Crippen molar-refractivity contribution in [1.82, 2.24) is 9.97 Å². The minimum atomic E-state index is -1.01. The van der Waals surface area contributed by atoms with Gasteiger partial charge in [0.2, 0.25) is 0 Å². The van der Waals surface area contributed by atoms with Crippen molar-refractivity contribution in [3.05, 3.63) is 71.0 Å². The first-order valence-electron chi connectivity index (χ1n) is 7.47. The summed E-state index contributed by atoms with van der Waals surface area (Å²) in [6.45, 7) is 1.93. The van der Waals surface area contributed by atoms with Crippen molar-refractivity contribution in [3.8, 4) is 0 Å². The third-order valence-corrected chi connectivity index (χ3v) is 3.94. The highest BCUT2D eigenvalue weighted by molar-refractivity contribution is 6.31. The zero-order chi connectivity index (χ0) is 17.8. The van der Waals surface area contributed by atoms with Gasteiger partial charge in [0.15, 0.2) is 0 Å². The van der Waals surface area contributed by atoms with Crippen LogP contribution in [0.4, 0.5) is 23.0 Å². The molecule has 25 heavy (non-hydrogen) atoms. The molecule has 3 rings (SSSR count). The Balaban J connectivity index is 1.82. The highest BCUT2D eigenvalue weighted by atomic mass is 35.5. The molecule has 6 nitrogen and oxygen atoms in total. The molecule has 0 aliphatic rings. The Hall–Kier alpha value is -3.12. The number of nitrogens with zero attached hydrogens (tertiary/aromatic N) is 2. The fourth-order valence-corrected chi connectivity index (χ4v) is 2.41. The summed E-state index contributed by atoms with van der Waals surface area (Å²) in [5.41, 5.74) is 2.41. The van der Waals surface area contributed by atoms with Gasteiger partial charge in [0.1, 0.15) is 18.0 Å². The summed E-state index contributed by atoms with van der Waals surface area (Å²) in [4.78, 5) is 19.6. The number of aromatic carboxylic acids is 1. The van der Waals surface area contributed by atoms with E-state index in [9.17, 15) is 9.90 Å². The average molecular weight is 355 g/mol. The van der Waals surface area contributed by atoms with Crippen LogP contribution in [0.5, 0.6) is 0 Å². The summed E-state index contributed by atoms with van der Waals surface area (Å²) in [7, 11) is 0.